The molecule has 0 saturated heterocycles. The Morgan fingerprint density at radius 2 is 2.24 bits per heavy atom. The maximum Gasteiger partial charge on any atom is 0.122 e. The third-order valence-corrected chi connectivity index (χ3v) is 4.61. The van der Waals surface area contributed by atoms with Crippen molar-refractivity contribution in [1.82, 2.24) is 14.9 Å². The van der Waals surface area contributed by atoms with Gasteiger partial charge in [-0.15, -0.1) is 5.10 Å². The Balaban J connectivity index is 1.99. The Morgan fingerprint density at radius 3 is 3.00 bits per heavy atom. The number of fused-ring (bicyclic) bond motifs is 1. The van der Waals surface area contributed by atoms with Gasteiger partial charge in [0.1, 0.15) is 5.75 Å². The normalized spacial score (nSPS) is 15.0. The van der Waals surface area contributed by atoms with Crippen LogP contribution in [0.1, 0.15) is 54.4 Å². The summed E-state index contributed by atoms with van der Waals surface area (Å²) in [5.74, 6) is 1.41. The minimum absolute atomic E-state index is 0.165. The molecule has 1 aromatic heterocycles. The third-order valence-electron chi connectivity index (χ3n) is 3.80. The van der Waals surface area contributed by atoms with Crippen LogP contribution in [0.2, 0.25) is 0 Å². The summed E-state index contributed by atoms with van der Waals surface area (Å²) in [7, 11) is 0. The number of benzene rings is 1. The fourth-order valence-electron chi connectivity index (χ4n) is 2.76. The summed E-state index contributed by atoms with van der Waals surface area (Å²) in [5.41, 5.74) is 3.68. The summed E-state index contributed by atoms with van der Waals surface area (Å²) < 4.78 is 9.77. The van der Waals surface area contributed by atoms with Gasteiger partial charge in [-0.1, -0.05) is 37.4 Å². The van der Waals surface area contributed by atoms with Crippen molar-refractivity contribution in [2.75, 3.05) is 13.2 Å². The van der Waals surface area contributed by atoms with Crippen LogP contribution in [0.25, 0.3) is 0 Å². The van der Waals surface area contributed by atoms with Crippen LogP contribution in [0, 0.1) is 0 Å². The van der Waals surface area contributed by atoms with E-state index in [0.717, 1.165) is 31.0 Å². The number of hydrogen-bond acceptors (Lipinski definition) is 5. The van der Waals surface area contributed by atoms with E-state index in [-0.39, 0.29) is 6.04 Å². The molecule has 1 aliphatic heterocycles. The number of nitrogens with one attached hydrogen (secondary N) is 1. The molecule has 0 radical (unpaired) electrons. The highest BCUT2D eigenvalue weighted by molar-refractivity contribution is 7.05. The van der Waals surface area contributed by atoms with E-state index in [0.29, 0.717) is 5.92 Å². The topological polar surface area (TPSA) is 47.0 Å². The maximum absolute atomic E-state index is 5.60. The van der Waals surface area contributed by atoms with Gasteiger partial charge in [0.15, 0.2) is 0 Å². The Kier molecular flexibility index (Phi) is 4.22. The number of nitrogens with zero attached hydrogens (tertiary/aromatic N) is 2. The van der Waals surface area contributed by atoms with E-state index in [1.165, 1.54) is 27.5 Å². The van der Waals surface area contributed by atoms with E-state index in [2.05, 4.69) is 53.9 Å². The van der Waals surface area contributed by atoms with E-state index in [4.69, 9.17) is 4.74 Å². The number of ether oxygens (including phenoxy) is 1. The lowest BCUT2D eigenvalue weighted by molar-refractivity contribution is 0.357. The predicted molar refractivity (Wildman–Crippen MR) is 85.2 cm³/mol. The molecule has 0 amide bonds. The molecule has 0 aliphatic carbocycles. The van der Waals surface area contributed by atoms with Gasteiger partial charge in [-0.25, -0.2) is 0 Å². The summed E-state index contributed by atoms with van der Waals surface area (Å²) >= 11 is 1.50. The highest BCUT2D eigenvalue weighted by Gasteiger charge is 2.23. The molecule has 3 rings (SSSR count). The molecule has 0 saturated carbocycles. The van der Waals surface area contributed by atoms with Crippen LogP contribution in [0.15, 0.2) is 18.2 Å². The summed E-state index contributed by atoms with van der Waals surface area (Å²) in [6, 6.07) is 6.67. The Labute approximate surface area is 129 Å². The maximum atomic E-state index is 5.60. The average molecular weight is 303 g/mol. The molecular formula is C16H21N3OS. The van der Waals surface area contributed by atoms with Gasteiger partial charge in [-0.2, -0.15) is 0 Å². The lowest BCUT2D eigenvalue weighted by atomic mass is 9.98. The quantitative estimate of drug-likeness (QED) is 0.920. The first-order valence-corrected chi connectivity index (χ1v) is 8.29. The first-order valence-electron chi connectivity index (χ1n) is 7.51. The van der Waals surface area contributed by atoms with Crippen LogP contribution in [0.5, 0.6) is 5.75 Å². The SMILES string of the molecule is CCNC(c1ccc2c(c1)CCO2)c1snnc1C(C)C. The van der Waals surface area contributed by atoms with Gasteiger partial charge in [-0.05, 0) is 41.2 Å². The molecule has 21 heavy (non-hydrogen) atoms. The molecule has 4 nitrogen and oxygen atoms in total. The smallest absolute Gasteiger partial charge is 0.122 e. The van der Waals surface area contributed by atoms with Gasteiger partial charge in [0.05, 0.1) is 23.2 Å². The zero-order valence-electron chi connectivity index (χ0n) is 12.7. The van der Waals surface area contributed by atoms with Crippen LogP contribution in [0.3, 0.4) is 0 Å². The molecule has 112 valence electrons. The molecule has 1 aliphatic rings. The summed E-state index contributed by atoms with van der Waals surface area (Å²) in [4.78, 5) is 1.23. The second-order valence-corrected chi connectivity index (χ2v) is 6.42. The largest absolute Gasteiger partial charge is 0.493 e. The van der Waals surface area contributed by atoms with Crippen LogP contribution >= 0.6 is 11.5 Å². The van der Waals surface area contributed by atoms with Gasteiger partial charge in [0.25, 0.3) is 0 Å². The second kappa shape index (κ2) is 6.12. The minimum atomic E-state index is 0.165. The molecule has 1 aromatic carbocycles. The van der Waals surface area contributed by atoms with Crippen molar-refractivity contribution in [2.24, 2.45) is 0 Å². The molecule has 1 unspecified atom stereocenters. The van der Waals surface area contributed by atoms with Crippen molar-refractivity contribution in [2.45, 2.75) is 39.2 Å². The van der Waals surface area contributed by atoms with Gasteiger partial charge in [-0.3, -0.25) is 0 Å². The van der Waals surface area contributed by atoms with E-state index < -0.39 is 0 Å². The van der Waals surface area contributed by atoms with Gasteiger partial charge < -0.3 is 10.1 Å². The molecule has 2 heterocycles. The van der Waals surface area contributed by atoms with Crippen molar-refractivity contribution < 1.29 is 4.74 Å². The monoisotopic (exact) mass is 303 g/mol. The minimum Gasteiger partial charge on any atom is -0.493 e. The lowest BCUT2D eigenvalue weighted by Gasteiger charge is -2.19. The first-order chi connectivity index (χ1) is 10.2. The van der Waals surface area contributed by atoms with Gasteiger partial charge in [0, 0.05) is 6.42 Å². The van der Waals surface area contributed by atoms with Crippen molar-refractivity contribution in [3.8, 4) is 5.75 Å². The van der Waals surface area contributed by atoms with Crippen molar-refractivity contribution in [1.29, 1.82) is 0 Å². The Bertz CT molecular complexity index is 624. The molecular weight excluding hydrogens is 282 g/mol. The lowest BCUT2D eigenvalue weighted by Crippen LogP contribution is -2.22. The predicted octanol–water partition coefficient (Wildman–Crippen LogP) is 3.30. The number of rotatable bonds is 5. The summed E-state index contributed by atoms with van der Waals surface area (Å²) in [6.07, 6.45) is 1.000. The fourth-order valence-corrected chi connectivity index (χ4v) is 3.67. The molecule has 2 aromatic rings. The van der Waals surface area contributed by atoms with Gasteiger partial charge >= 0.3 is 0 Å². The zero-order chi connectivity index (χ0) is 14.8. The van der Waals surface area contributed by atoms with Gasteiger partial charge in [0.2, 0.25) is 0 Å². The molecule has 0 spiro atoms. The average Bonchev–Trinajstić information content (AvgIpc) is 3.12. The fraction of sp³-hybridized carbons (Fsp3) is 0.500. The van der Waals surface area contributed by atoms with Crippen LogP contribution in [0.4, 0.5) is 0 Å². The van der Waals surface area contributed by atoms with E-state index in [9.17, 15) is 0 Å². The van der Waals surface area contributed by atoms with Crippen LogP contribution in [-0.2, 0) is 6.42 Å². The van der Waals surface area contributed by atoms with Crippen LogP contribution < -0.4 is 10.1 Å². The van der Waals surface area contributed by atoms with Crippen molar-refractivity contribution in [3.05, 3.63) is 39.9 Å². The van der Waals surface area contributed by atoms with E-state index >= 15 is 0 Å². The van der Waals surface area contributed by atoms with E-state index in [1.54, 1.807) is 0 Å². The van der Waals surface area contributed by atoms with Crippen molar-refractivity contribution >= 4 is 11.5 Å². The standard InChI is InChI=1S/C16H21N3OS/c1-4-17-15(16-14(10(2)3)18-19-21-16)12-5-6-13-11(9-12)7-8-20-13/h5-6,9-10,15,17H,4,7-8H2,1-3H3. The van der Waals surface area contributed by atoms with E-state index in [1.807, 2.05) is 0 Å². The molecule has 1 N–H and O–H groups in total. The molecule has 0 fully saturated rings. The first kappa shape index (κ1) is 14.5. The third kappa shape index (κ3) is 2.80. The number of aromatic nitrogens is 2. The Morgan fingerprint density at radius 1 is 1.38 bits per heavy atom. The summed E-state index contributed by atoms with van der Waals surface area (Å²) in [5, 5.41) is 7.90. The number of hydrogen-bond donors (Lipinski definition) is 1. The van der Waals surface area contributed by atoms with Crippen LogP contribution in [-0.4, -0.2) is 22.7 Å². The second-order valence-electron chi connectivity index (χ2n) is 5.63. The summed E-state index contributed by atoms with van der Waals surface area (Å²) in [6.45, 7) is 8.17. The highest BCUT2D eigenvalue weighted by atomic mass is 32.1. The molecule has 5 heteroatoms. The highest BCUT2D eigenvalue weighted by Crippen LogP contribution is 2.34. The van der Waals surface area contributed by atoms with Crippen molar-refractivity contribution in [3.63, 3.8) is 0 Å². The molecule has 1 atom stereocenters. The zero-order valence-corrected chi connectivity index (χ0v) is 13.5. The molecule has 0 bridgehead atoms. The Hall–Kier alpha value is -1.46.